The summed E-state index contributed by atoms with van der Waals surface area (Å²) in [6.45, 7) is 2.77. The van der Waals surface area contributed by atoms with Gasteiger partial charge in [0.25, 0.3) is 0 Å². The van der Waals surface area contributed by atoms with Gasteiger partial charge >= 0.3 is 0 Å². The first kappa shape index (κ1) is 17.1. The molecule has 0 radical (unpaired) electrons. The number of aliphatic hydroxyl groups excluding tert-OH is 1. The molecule has 5 heteroatoms. The van der Waals surface area contributed by atoms with Crippen LogP contribution in [0.4, 0.5) is 0 Å². The number of nitrogens with zero attached hydrogens (tertiary/aromatic N) is 2. The summed E-state index contributed by atoms with van der Waals surface area (Å²) in [5.74, 6) is 0.812. The van der Waals surface area contributed by atoms with E-state index in [9.17, 15) is 5.11 Å². The third-order valence-corrected chi connectivity index (χ3v) is 5.12. The first-order valence-electron chi connectivity index (χ1n) is 7.74. The van der Waals surface area contributed by atoms with Crippen molar-refractivity contribution in [2.45, 2.75) is 31.0 Å². The molecule has 0 bridgehead atoms. The average Bonchev–Trinajstić information content (AvgIpc) is 2.98. The fourth-order valence-electron chi connectivity index (χ4n) is 2.41. The number of rotatable bonds is 6. The molecule has 0 aliphatic carbocycles. The molecule has 3 rings (SSSR count). The number of halogens is 1. The van der Waals surface area contributed by atoms with Crippen LogP contribution in [0.15, 0.2) is 59.9 Å². The van der Waals surface area contributed by atoms with Gasteiger partial charge in [0, 0.05) is 17.3 Å². The third-order valence-electron chi connectivity index (χ3n) is 3.81. The molecule has 0 spiro atoms. The molecule has 0 saturated carbocycles. The van der Waals surface area contributed by atoms with E-state index in [0.717, 1.165) is 21.6 Å². The molecule has 24 heavy (non-hydrogen) atoms. The fraction of sp³-hybridized carbons (Fsp3) is 0.211. The highest BCUT2D eigenvalue weighted by molar-refractivity contribution is 7.98. The molecule has 1 N–H and O–H groups in total. The Hall–Kier alpha value is -1.75. The van der Waals surface area contributed by atoms with E-state index < -0.39 is 0 Å². The number of hydrogen-bond acceptors (Lipinski definition) is 3. The predicted octanol–water partition coefficient (Wildman–Crippen LogP) is 4.68. The number of benzene rings is 2. The Bertz CT molecular complexity index is 797. The molecule has 0 fully saturated rings. The molecule has 0 saturated heterocycles. The first-order chi connectivity index (χ1) is 11.7. The van der Waals surface area contributed by atoms with Crippen LogP contribution in [0.5, 0.6) is 0 Å². The van der Waals surface area contributed by atoms with Gasteiger partial charge in [0.1, 0.15) is 0 Å². The Morgan fingerprint density at radius 3 is 2.38 bits per heavy atom. The van der Waals surface area contributed by atoms with Gasteiger partial charge < -0.3 is 9.67 Å². The summed E-state index contributed by atoms with van der Waals surface area (Å²) in [5, 5.41) is 11.2. The topological polar surface area (TPSA) is 38.0 Å². The van der Waals surface area contributed by atoms with Crippen LogP contribution in [0.2, 0.25) is 5.02 Å². The van der Waals surface area contributed by atoms with Crippen LogP contribution >= 0.6 is 23.4 Å². The summed E-state index contributed by atoms with van der Waals surface area (Å²) < 4.78 is 2.07. The van der Waals surface area contributed by atoms with Gasteiger partial charge in [-0.1, -0.05) is 65.3 Å². The van der Waals surface area contributed by atoms with E-state index in [1.807, 2.05) is 24.3 Å². The Kier molecular flexibility index (Phi) is 5.61. The van der Waals surface area contributed by atoms with E-state index in [0.29, 0.717) is 6.54 Å². The van der Waals surface area contributed by atoms with Crippen LogP contribution in [-0.2, 0) is 18.9 Å². The van der Waals surface area contributed by atoms with Crippen LogP contribution in [0.1, 0.15) is 22.4 Å². The number of hydrogen-bond donors (Lipinski definition) is 1. The van der Waals surface area contributed by atoms with E-state index in [1.165, 1.54) is 16.7 Å². The van der Waals surface area contributed by atoms with Crippen LogP contribution < -0.4 is 0 Å². The number of aromatic nitrogens is 2. The largest absolute Gasteiger partial charge is 0.390 e. The third kappa shape index (κ3) is 4.20. The maximum atomic E-state index is 9.58. The maximum absolute atomic E-state index is 9.58. The summed E-state index contributed by atoms with van der Waals surface area (Å²) >= 11 is 7.59. The normalized spacial score (nSPS) is 11.0. The summed E-state index contributed by atoms with van der Waals surface area (Å²) in [6.07, 6.45) is 1.75. The molecule has 1 heterocycles. The highest BCUT2D eigenvalue weighted by atomic mass is 35.5. The van der Waals surface area contributed by atoms with Crippen LogP contribution in [0.3, 0.4) is 0 Å². The molecule has 2 aromatic carbocycles. The van der Waals surface area contributed by atoms with Crippen LogP contribution in [-0.4, -0.2) is 14.7 Å². The lowest BCUT2D eigenvalue weighted by Crippen LogP contribution is -2.06. The van der Waals surface area contributed by atoms with Gasteiger partial charge in [0.2, 0.25) is 0 Å². The van der Waals surface area contributed by atoms with Gasteiger partial charge in [-0.05, 0) is 30.2 Å². The molecule has 1 aromatic heterocycles. The van der Waals surface area contributed by atoms with Gasteiger partial charge in [-0.3, -0.25) is 0 Å². The molecular weight excluding hydrogens is 340 g/mol. The highest BCUT2D eigenvalue weighted by Crippen LogP contribution is 2.25. The van der Waals surface area contributed by atoms with Gasteiger partial charge in [-0.2, -0.15) is 0 Å². The zero-order valence-corrected chi connectivity index (χ0v) is 15.0. The number of imidazole rings is 1. The van der Waals surface area contributed by atoms with Crippen molar-refractivity contribution >= 4 is 23.4 Å². The zero-order valence-electron chi connectivity index (χ0n) is 13.4. The summed E-state index contributed by atoms with van der Waals surface area (Å²) in [4.78, 5) is 4.47. The monoisotopic (exact) mass is 358 g/mol. The zero-order chi connectivity index (χ0) is 16.9. The lowest BCUT2D eigenvalue weighted by Gasteiger charge is -2.11. The summed E-state index contributed by atoms with van der Waals surface area (Å²) in [6, 6.07) is 16.3. The van der Waals surface area contributed by atoms with E-state index in [-0.39, 0.29) is 6.61 Å². The Labute approximate surface area is 151 Å². The molecule has 3 aromatic rings. The molecule has 124 valence electrons. The van der Waals surface area contributed by atoms with Crippen molar-refractivity contribution in [3.05, 3.63) is 82.1 Å². The maximum Gasteiger partial charge on any atom is 0.168 e. The van der Waals surface area contributed by atoms with E-state index in [1.54, 1.807) is 18.0 Å². The molecular formula is C19H19ClN2OS. The van der Waals surface area contributed by atoms with Crippen LogP contribution in [0, 0.1) is 6.92 Å². The van der Waals surface area contributed by atoms with Gasteiger partial charge in [-0.25, -0.2) is 4.98 Å². The number of aryl methyl sites for hydroxylation is 1. The Morgan fingerprint density at radius 1 is 1.04 bits per heavy atom. The minimum Gasteiger partial charge on any atom is -0.390 e. The van der Waals surface area contributed by atoms with Gasteiger partial charge in [0.05, 0.1) is 18.5 Å². The molecule has 0 unspecified atom stereocenters. The Balaban J connectivity index is 1.76. The predicted molar refractivity (Wildman–Crippen MR) is 99.4 cm³/mol. The van der Waals surface area contributed by atoms with Crippen molar-refractivity contribution in [3.63, 3.8) is 0 Å². The van der Waals surface area contributed by atoms with E-state index >= 15 is 0 Å². The van der Waals surface area contributed by atoms with Crippen molar-refractivity contribution < 1.29 is 5.11 Å². The number of aliphatic hydroxyl groups is 1. The molecule has 0 aliphatic rings. The lowest BCUT2D eigenvalue weighted by atomic mass is 10.1. The number of thioether (sulfide) groups is 1. The van der Waals surface area contributed by atoms with Crippen molar-refractivity contribution in [3.8, 4) is 0 Å². The van der Waals surface area contributed by atoms with Crippen LogP contribution in [0.25, 0.3) is 0 Å². The minimum absolute atomic E-state index is 0.0135. The summed E-state index contributed by atoms with van der Waals surface area (Å²) in [7, 11) is 0. The molecule has 0 atom stereocenters. The second-order valence-electron chi connectivity index (χ2n) is 5.68. The lowest BCUT2D eigenvalue weighted by molar-refractivity contribution is 0.270. The van der Waals surface area contributed by atoms with E-state index in [2.05, 4.69) is 40.7 Å². The van der Waals surface area contributed by atoms with Gasteiger partial charge in [0.15, 0.2) is 5.16 Å². The first-order valence-corrected chi connectivity index (χ1v) is 9.10. The quantitative estimate of drug-likeness (QED) is 0.650. The van der Waals surface area contributed by atoms with Gasteiger partial charge in [-0.15, -0.1) is 0 Å². The average molecular weight is 359 g/mol. The molecule has 0 amide bonds. The van der Waals surface area contributed by atoms with Crippen molar-refractivity contribution in [1.29, 1.82) is 0 Å². The minimum atomic E-state index is -0.0135. The smallest absolute Gasteiger partial charge is 0.168 e. The fourth-order valence-corrected chi connectivity index (χ4v) is 3.49. The highest BCUT2D eigenvalue weighted by Gasteiger charge is 2.11. The van der Waals surface area contributed by atoms with Crippen molar-refractivity contribution in [1.82, 2.24) is 9.55 Å². The molecule has 3 nitrogen and oxygen atoms in total. The molecule has 0 aliphatic heterocycles. The summed E-state index contributed by atoms with van der Waals surface area (Å²) in [5.41, 5.74) is 4.46. The second-order valence-corrected chi connectivity index (χ2v) is 7.06. The van der Waals surface area contributed by atoms with E-state index in [4.69, 9.17) is 11.6 Å². The SMILES string of the molecule is Cc1ccc(Cn2c(CO)cnc2SCc2ccc(Cl)cc2)cc1. The second kappa shape index (κ2) is 7.88. The Morgan fingerprint density at radius 2 is 1.71 bits per heavy atom. The van der Waals surface area contributed by atoms with Crippen molar-refractivity contribution in [2.75, 3.05) is 0 Å². The van der Waals surface area contributed by atoms with Crippen molar-refractivity contribution in [2.24, 2.45) is 0 Å². The standard InChI is InChI=1S/C19H19ClN2OS/c1-14-2-4-15(5-3-14)11-22-18(12-23)10-21-19(22)24-13-16-6-8-17(20)9-7-16/h2-10,23H,11-13H2,1H3.